The van der Waals surface area contributed by atoms with Gasteiger partial charge in [0, 0.05) is 4.88 Å². The Morgan fingerprint density at radius 1 is 1.29 bits per heavy atom. The van der Waals surface area contributed by atoms with Gasteiger partial charge in [-0.15, -0.1) is 11.3 Å². The van der Waals surface area contributed by atoms with E-state index in [4.69, 9.17) is 4.74 Å². The SMILES string of the molecule is COC(=O)C1=C(C)N=c2s/c(=C/c3ccc(O)cc3)c(=O)n2C1c1cccs1. The molecule has 0 aliphatic carbocycles. The molecule has 1 unspecified atom stereocenters. The number of carbonyl (C=O) groups excluding carboxylic acids is 1. The molecule has 0 radical (unpaired) electrons. The molecule has 0 fully saturated rings. The second-order valence-corrected chi connectivity index (χ2v) is 8.17. The minimum atomic E-state index is -0.564. The molecule has 2 aromatic heterocycles. The first-order chi connectivity index (χ1) is 13.5. The first-order valence-corrected chi connectivity index (χ1v) is 10.1. The number of phenols is 1. The highest BCUT2D eigenvalue weighted by atomic mass is 32.1. The van der Waals surface area contributed by atoms with Crippen molar-refractivity contribution in [2.45, 2.75) is 13.0 Å². The molecule has 1 aliphatic rings. The van der Waals surface area contributed by atoms with E-state index in [1.807, 2.05) is 17.5 Å². The number of benzene rings is 1. The van der Waals surface area contributed by atoms with E-state index in [0.29, 0.717) is 20.6 Å². The monoisotopic (exact) mass is 412 g/mol. The summed E-state index contributed by atoms with van der Waals surface area (Å²) in [6.07, 6.45) is 1.76. The molecule has 4 rings (SSSR count). The van der Waals surface area contributed by atoms with Crippen molar-refractivity contribution in [3.8, 4) is 5.75 Å². The number of hydrogen-bond acceptors (Lipinski definition) is 7. The number of thiazole rings is 1. The van der Waals surface area contributed by atoms with Gasteiger partial charge < -0.3 is 9.84 Å². The number of allylic oxidation sites excluding steroid dienone is 1. The summed E-state index contributed by atoms with van der Waals surface area (Å²) in [4.78, 5) is 31.6. The van der Waals surface area contributed by atoms with E-state index in [1.54, 1.807) is 41.8 Å². The number of phenolic OH excluding ortho intramolecular Hbond substituents is 1. The van der Waals surface area contributed by atoms with E-state index >= 15 is 0 Å². The van der Waals surface area contributed by atoms with Crippen LogP contribution in [0.15, 0.2) is 62.8 Å². The molecule has 142 valence electrons. The lowest BCUT2D eigenvalue weighted by atomic mass is 10.0. The molecule has 1 aromatic carbocycles. The summed E-state index contributed by atoms with van der Waals surface area (Å²) >= 11 is 2.74. The van der Waals surface area contributed by atoms with Crippen LogP contribution in [0.1, 0.15) is 23.4 Å². The molecule has 1 N–H and O–H groups in total. The second kappa shape index (κ2) is 7.21. The van der Waals surface area contributed by atoms with E-state index in [2.05, 4.69) is 4.99 Å². The Bertz CT molecular complexity index is 1250. The van der Waals surface area contributed by atoms with Crippen LogP contribution >= 0.6 is 22.7 Å². The predicted molar refractivity (Wildman–Crippen MR) is 108 cm³/mol. The third-order valence-corrected chi connectivity index (χ3v) is 6.34. The maximum atomic E-state index is 13.2. The Hall–Kier alpha value is -2.97. The van der Waals surface area contributed by atoms with Crippen LogP contribution in [0.25, 0.3) is 6.08 Å². The van der Waals surface area contributed by atoms with Crippen molar-refractivity contribution >= 4 is 34.7 Å². The van der Waals surface area contributed by atoms with E-state index in [0.717, 1.165) is 10.4 Å². The first kappa shape index (κ1) is 18.4. The summed E-state index contributed by atoms with van der Waals surface area (Å²) in [5.74, 6) is -0.331. The van der Waals surface area contributed by atoms with Crippen LogP contribution in [-0.4, -0.2) is 22.8 Å². The summed E-state index contributed by atoms with van der Waals surface area (Å²) in [7, 11) is 1.32. The Kier molecular flexibility index (Phi) is 4.74. The minimum Gasteiger partial charge on any atom is -0.508 e. The molecule has 6 nitrogen and oxygen atoms in total. The molecule has 1 atom stereocenters. The van der Waals surface area contributed by atoms with Crippen molar-refractivity contribution in [2.75, 3.05) is 7.11 Å². The Balaban J connectivity index is 1.96. The zero-order valence-corrected chi connectivity index (χ0v) is 16.7. The van der Waals surface area contributed by atoms with E-state index in [-0.39, 0.29) is 11.3 Å². The zero-order chi connectivity index (χ0) is 19.8. The van der Waals surface area contributed by atoms with Crippen LogP contribution in [0.3, 0.4) is 0 Å². The molecule has 0 saturated heterocycles. The van der Waals surface area contributed by atoms with Crippen LogP contribution in [0.2, 0.25) is 0 Å². The third kappa shape index (κ3) is 3.10. The molecular formula is C20H16N2O4S2. The van der Waals surface area contributed by atoms with Crippen molar-refractivity contribution < 1.29 is 14.6 Å². The van der Waals surface area contributed by atoms with Crippen LogP contribution in [-0.2, 0) is 9.53 Å². The number of hydrogen-bond donors (Lipinski definition) is 1. The second-order valence-electron chi connectivity index (χ2n) is 6.18. The van der Waals surface area contributed by atoms with Gasteiger partial charge in [0.15, 0.2) is 4.80 Å². The lowest BCUT2D eigenvalue weighted by molar-refractivity contribution is -0.136. The molecule has 0 bridgehead atoms. The maximum Gasteiger partial charge on any atom is 0.338 e. The number of aromatic nitrogens is 1. The highest BCUT2D eigenvalue weighted by molar-refractivity contribution is 7.10. The zero-order valence-electron chi connectivity index (χ0n) is 15.1. The van der Waals surface area contributed by atoms with Crippen LogP contribution in [0.5, 0.6) is 5.75 Å². The van der Waals surface area contributed by atoms with E-state index < -0.39 is 12.0 Å². The fourth-order valence-electron chi connectivity index (χ4n) is 3.13. The van der Waals surface area contributed by atoms with Gasteiger partial charge in [-0.3, -0.25) is 9.36 Å². The average molecular weight is 412 g/mol. The number of aromatic hydroxyl groups is 1. The molecule has 0 saturated carbocycles. The predicted octanol–water partition coefficient (Wildman–Crippen LogP) is 2.18. The van der Waals surface area contributed by atoms with Crippen molar-refractivity contribution in [3.05, 3.63) is 83.2 Å². The van der Waals surface area contributed by atoms with Crippen LogP contribution in [0.4, 0.5) is 0 Å². The minimum absolute atomic E-state index is 0.162. The summed E-state index contributed by atoms with van der Waals surface area (Å²) in [6, 6.07) is 9.81. The van der Waals surface area contributed by atoms with Crippen molar-refractivity contribution in [1.82, 2.24) is 4.57 Å². The van der Waals surface area contributed by atoms with E-state index in [9.17, 15) is 14.7 Å². The highest BCUT2D eigenvalue weighted by Crippen LogP contribution is 2.32. The van der Waals surface area contributed by atoms with Gasteiger partial charge in [-0.05, 0) is 42.1 Å². The maximum absolute atomic E-state index is 13.2. The summed E-state index contributed by atoms with van der Waals surface area (Å²) < 4.78 is 7.02. The molecule has 0 amide bonds. The first-order valence-electron chi connectivity index (χ1n) is 8.43. The Labute approximate surface area is 168 Å². The summed E-state index contributed by atoms with van der Waals surface area (Å²) in [5, 5.41) is 11.4. The lowest BCUT2D eigenvalue weighted by Crippen LogP contribution is -2.39. The van der Waals surface area contributed by atoms with Gasteiger partial charge in [-0.2, -0.15) is 0 Å². The van der Waals surface area contributed by atoms with E-state index in [1.165, 1.54) is 29.8 Å². The summed E-state index contributed by atoms with van der Waals surface area (Å²) in [6.45, 7) is 1.75. The van der Waals surface area contributed by atoms with Crippen molar-refractivity contribution in [3.63, 3.8) is 0 Å². The summed E-state index contributed by atoms with van der Waals surface area (Å²) in [5.41, 5.74) is 1.49. The van der Waals surface area contributed by atoms with Gasteiger partial charge in [0.05, 0.1) is 22.9 Å². The number of fused-ring (bicyclic) bond motifs is 1. The molecular weight excluding hydrogens is 396 g/mol. The number of rotatable bonds is 3. The van der Waals surface area contributed by atoms with Gasteiger partial charge in [-0.1, -0.05) is 29.5 Å². The van der Waals surface area contributed by atoms with Crippen LogP contribution < -0.4 is 14.9 Å². The number of thiophene rings is 1. The Morgan fingerprint density at radius 3 is 2.68 bits per heavy atom. The fourth-order valence-corrected chi connectivity index (χ4v) is 5.00. The van der Waals surface area contributed by atoms with Gasteiger partial charge in [0.1, 0.15) is 11.8 Å². The molecule has 0 spiro atoms. The molecule has 3 heterocycles. The lowest BCUT2D eigenvalue weighted by Gasteiger charge is -2.22. The van der Waals surface area contributed by atoms with Gasteiger partial charge in [-0.25, -0.2) is 9.79 Å². The third-order valence-electron chi connectivity index (χ3n) is 4.43. The van der Waals surface area contributed by atoms with Crippen molar-refractivity contribution in [1.29, 1.82) is 0 Å². The topological polar surface area (TPSA) is 80.9 Å². The number of carbonyl (C=O) groups is 1. The largest absolute Gasteiger partial charge is 0.508 e. The Morgan fingerprint density at radius 2 is 2.04 bits per heavy atom. The number of methoxy groups -OCH3 is 1. The average Bonchev–Trinajstić information content (AvgIpc) is 3.31. The molecule has 28 heavy (non-hydrogen) atoms. The van der Waals surface area contributed by atoms with Gasteiger partial charge in [0.25, 0.3) is 5.56 Å². The normalized spacial score (nSPS) is 16.6. The van der Waals surface area contributed by atoms with Crippen molar-refractivity contribution in [2.24, 2.45) is 4.99 Å². The number of nitrogens with zero attached hydrogens (tertiary/aromatic N) is 2. The highest BCUT2D eigenvalue weighted by Gasteiger charge is 2.33. The van der Waals surface area contributed by atoms with Gasteiger partial charge >= 0.3 is 5.97 Å². The van der Waals surface area contributed by atoms with Gasteiger partial charge in [0.2, 0.25) is 0 Å². The van der Waals surface area contributed by atoms with Crippen LogP contribution in [0, 0.1) is 0 Å². The molecule has 3 aromatic rings. The smallest absolute Gasteiger partial charge is 0.338 e. The molecule has 8 heteroatoms. The number of esters is 1. The quantitative estimate of drug-likeness (QED) is 0.669. The number of ether oxygens (including phenoxy) is 1. The molecule has 1 aliphatic heterocycles. The standard InChI is InChI=1S/C20H16N2O4S2/c1-11-16(19(25)26-2)17(14-4-3-9-27-14)22-18(24)15(28-20(22)21-11)10-12-5-7-13(23)8-6-12/h3-10,17,23H,1-2H3/b15-10+. The fraction of sp³-hybridized carbons (Fsp3) is 0.150.